The molecule has 0 aliphatic carbocycles. The summed E-state index contributed by atoms with van der Waals surface area (Å²) >= 11 is 1.29. The van der Waals surface area contributed by atoms with Crippen LogP contribution in [0.5, 0.6) is 0 Å². The molecule has 2 aromatic rings. The number of nitrogens with one attached hydrogen (secondary N) is 3. The van der Waals surface area contributed by atoms with Crippen molar-refractivity contribution in [2.45, 2.75) is 25.8 Å². The highest BCUT2D eigenvalue weighted by Crippen LogP contribution is 2.25. The Kier molecular flexibility index (Phi) is 4.68. The second kappa shape index (κ2) is 6.88. The first-order chi connectivity index (χ1) is 11.1. The van der Waals surface area contributed by atoms with E-state index in [2.05, 4.69) is 30.3 Å². The molecule has 0 aromatic carbocycles. The van der Waals surface area contributed by atoms with Crippen molar-refractivity contribution in [3.63, 3.8) is 0 Å². The molecule has 1 saturated heterocycles. The minimum Gasteiger partial charge on any atom is -0.365 e. The molecule has 0 radical (unpaired) electrons. The van der Waals surface area contributed by atoms with E-state index in [1.54, 1.807) is 12.4 Å². The number of hydrogen-bond donors (Lipinski definition) is 4. The standard InChI is InChI=1S/C14H19N7OS/c1-8-5-18-23-14(8)21-13-11(12(15)22)17-7-10(20-13)19-9-3-2-4-16-6-9/h5,7,9,16H,2-4,6H2,1H3,(H2,15,22)(H2,19,20,21). The Morgan fingerprint density at radius 1 is 1.48 bits per heavy atom. The maximum absolute atomic E-state index is 11.6. The van der Waals surface area contributed by atoms with Gasteiger partial charge >= 0.3 is 0 Å². The lowest BCUT2D eigenvalue weighted by Gasteiger charge is -2.24. The molecule has 0 bridgehead atoms. The van der Waals surface area contributed by atoms with E-state index >= 15 is 0 Å². The molecule has 2 aromatic heterocycles. The van der Waals surface area contributed by atoms with E-state index in [0.29, 0.717) is 17.7 Å². The summed E-state index contributed by atoms with van der Waals surface area (Å²) in [6.07, 6.45) is 5.48. The maximum Gasteiger partial charge on any atom is 0.271 e. The number of nitrogens with two attached hydrogens (primary N) is 1. The molecule has 1 amide bonds. The highest BCUT2D eigenvalue weighted by atomic mass is 32.1. The molecular weight excluding hydrogens is 314 g/mol. The SMILES string of the molecule is Cc1cnsc1Nc1nc(NC2CCCNC2)cnc1C(N)=O. The molecule has 1 unspecified atom stereocenters. The predicted molar refractivity (Wildman–Crippen MR) is 90.2 cm³/mol. The van der Waals surface area contributed by atoms with Crippen LogP contribution in [-0.2, 0) is 0 Å². The molecule has 23 heavy (non-hydrogen) atoms. The summed E-state index contributed by atoms with van der Waals surface area (Å²) in [7, 11) is 0. The summed E-state index contributed by atoms with van der Waals surface area (Å²) in [6, 6.07) is 0.301. The van der Waals surface area contributed by atoms with Gasteiger partial charge in [-0.3, -0.25) is 4.79 Å². The van der Waals surface area contributed by atoms with E-state index in [4.69, 9.17) is 5.73 Å². The quantitative estimate of drug-likeness (QED) is 0.650. The first kappa shape index (κ1) is 15.6. The predicted octanol–water partition coefficient (Wildman–Crippen LogP) is 1.25. The van der Waals surface area contributed by atoms with Gasteiger partial charge in [-0.15, -0.1) is 0 Å². The van der Waals surface area contributed by atoms with E-state index in [-0.39, 0.29) is 5.69 Å². The normalized spacial score (nSPS) is 17.7. The molecular formula is C14H19N7OS. The van der Waals surface area contributed by atoms with Gasteiger partial charge in [0.05, 0.1) is 6.20 Å². The minimum atomic E-state index is -0.618. The Bertz CT molecular complexity index is 696. The van der Waals surface area contributed by atoms with Crippen LogP contribution in [0.15, 0.2) is 12.4 Å². The maximum atomic E-state index is 11.6. The second-order valence-corrected chi connectivity index (χ2v) is 6.27. The Morgan fingerprint density at radius 2 is 2.35 bits per heavy atom. The summed E-state index contributed by atoms with van der Waals surface area (Å²) in [4.78, 5) is 20.2. The zero-order valence-electron chi connectivity index (χ0n) is 12.8. The van der Waals surface area contributed by atoms with Gasteiger partial charge in [0.1, 0.15) is 10.8 Å². The average molecular weight is 333 g/mol. The monoisotopic (exact) mass is 333 g/mol. The van der Waals surface area contributed by atoms with Gasteiger partial charge in [0.25, 0.3) is 5.91 Å². The number of nitrogens with zero attached hydrogens (tertiary/aromatic N) is 3. The fourth-order valence-electron chi connectivity index (χ4n) is 2.43. The van der Waals surface area contributed by atoms with Gasteiger partial charge in [0.15, 0.2) is 11.5 Å². The number of carbonyl (C=O) groups is 1. The van der Waals surface area contributed by atoms with Crippen LogP contribution in [0.1, 0.15) is 28.9 Å². The van der Waals surface area contributed by atoms with Crippen LogP contribution in [0.3, 0.4) is 0 Å². The van der Waals surface area contributed by atoms with Crippen LogP contribution >= 0.6 is 11.5 Å². The van der Waals surface area contributed by atoms with Crippen molar-refractivity contribution in [3.8, 4) is 0 Å². The third kappa shape index (κ3) is 3.74. The highest BCUT2D eigenvalue weighted by Gasteiger charge is 2.17. The van der Waals surface area contributed by atoms with Crippen molar-refractivity contribution in [2.24, 2.45) is 5.73 Å². The van der Waals surface area contributed by atoms with Gasteiger partial charge in [-0.1, -0.05) is 0 Å². The fourth-order valence-corrected chi connectivity index (χ4v) is 3.08. The van der Waals surface area contributed by atoms with E-state index < -0.39 is 5.91 Å². The van der Waals surface area contributed by atoms with E-state index in [9.17, 15) is 4.79 Å². The Hall–Kier alpha value is -2.26. The van der Waals surface area contributed by atoms with Crippen LogP contribution < -0.4 is 21.7 Å². The largest absolute Gasteiger partial charge is 0.365 e. The lowest BCUT2D eigenvalue weighted by molar-refractivity contribution is 0.0996. The number of amides is 1. The van der Waals surface area contributed by atoms with Crippen LogP contribution in [0, 0.1) is 6.92 Å². The number of hydrogen-bond acceptors (Lipinski definition) is 8. The lowest BCUT2D eigenvalue weighted by atomic mass is 10.1. The molecule has 8 nitrogen and oxygen atoms in total. The average Bonchev–Trinajstić information content (AvgIpc) is 2.93. The van der Waals surface area contributed by atoms with Crippen molar-refractivity contribution >= 4 is 34.1 Å². The highest BCUT2D eigenvalue weighted by molar-refractivity contribution is 7.10. The zero-order valence-corrected chi connectivity index (χ0v) is 13.6. The molecule has 0 spiro atoms. The number of carbonyl (C=O) groups excluding carboxylic acids is 1. The number of rotatable bonds is 5. The number of anilines is 3. The lowest BCUT2D eigenvalue weighted by Crippen LogP contribution is -2.38. The third-order valence-corrected chi connectivity index (χ3v) is 4.45. The molecule has 0 saturated carbocycles. The van der Waals surface area contributed by atoms with Crippen LogP contribution in [-0.4, -0.2) is 39.4 Å². The zero-order chi connectivity index (χ0) is 16.2. The van der Waals surface area contributed by atoms with Crippen molar-refractivity contribution in [2.75, 3.05) is 23.7 Å². The molecule has 1 aliphatic heterocycles. The van der Waals surface area contributed by atoms with Gasteiger partial charge in [-0.05, 0) is 37.8 Å². The fraction of sp³-hybridized carbons (Fsp3) is 0.429. The first-order valence-electron chi connectivity index (χ1n) is 7.46. The van der Waals surface area contributed by atoms with Gasteiger partial charge in [0.2, 0.25) is 0 Å². The third-order valence-electron chi connectivity index (χ3n) is 3.64. The number of aromatic nitrogens is 3. The molecule has 122 valence electrons. The molecule has 5 N–H and O–H groups in total. The minimum absolute atomic E-state index is 0.116. The molecule has 1 fully saturated rings. The second-order valence-electron chi connectivity index (χ2n) is 5.47. The van der Waals surface area contributed by atoms with Crippen molar-refractivity contribution in [3.05, 3.63) is 23.7 Å². The molecule has 3 rings (SSSR count). The van der Waals surface area contributed by atoms with Gasteiger partial charge < -0.3 is 21.7 Å². The van der Waals surface area contributed by atoms with E-state index in [1.807, 2.05) is 6.92 Å². The summed E-state index contributed by atoms with van der Waals surface area (Å²) in [5.74, 6) is 0.347. The summed E-state index contributed by atoms with van der Waals surface area (Å²) < 4.78 is 4.10. The van der Waals surface area contributed by atoms with E-state index in [0.717, 1.165) is 36.5 Å². The summed E-state index contributed by atoms with van der Waals surface area (Å²) in [6.45, 7) is 3.86. The van der Waals surface area contributed by atoms with Gasteiger partial charge in [-0.2, -0.15) is 4.37 Å². The Labute approximate surface area is 138 Å². The molecule has 1 atom stereocenters. The number of primary amides is 1. The number of piperidine rings is 1. The molecule has 9 heteroatoms. The van der Waals surface area contributed by atoms with Crippen LogP contribution in [0.25, 0.3) is 0 Å². The smallest absolute Gasteiger partial charge is 0.271 e. The van der Waals surface area contributed by atoms with E-state index in [1.165, 1.54) is 11.5 Å². The van der Waals surface area contributed by atoms with Gasteiger partial charge in [-0.25, -0.2) is 9.97 Å². The Balaban J connectivity index is 1.83. The van der Waals surface area contributed by atoms with Crippen LogP contribution in [0.2, 0.25) is 0 Å². The Morgan fingerprint density at radius 3 is 3.00 bits per heavy atom. The van der Waals surface area contributed by atoms with Crippen molar-refractivity contribution < 1.29 is 4.79 Å². The molecule has 3 heterocycles. The van der Waals surface area contributed by atoms with Crippen molar-refractivity contribution in [1.29, 1.82) is 0 Å². The van der Waals surface area contributed by atoms with Crippen LogP contribution in [0.4, 0.5) is 16.6 Å². The van der Waals surface area contributed by atoms with Gasteiger partial charge in [0, 0.05) is 24.3 Å². The number of aryl methyl sites for hydroxylation is 1. The summed E-state index contributed by atoms with van der Waals surface area (Å²) in [5.41, 5.74) is 6.48. The summed E-state index contributed by atoms with van der Waals surface area (Å²) in [5, 5.41) is 10.6. The first-order valence-corrected chi connectivity index (χ1v) is 8.23. The topological polar surface area (TPSA) is 118 Å². The molecule has 1 aliphatic rings. The van der Waals surface area contributed by atoms with Crippen molar-refractivity contribution in [1.82, 2.24) is 19.7 Å².